The topological polar surface area (TPSA) is 78.1 Å². The smallest absolute Gasteiger partial charge is 0.181 e. The lowest BCUT2D eigenvalue weighted by molar-refractivity contribution is 1.49. The van der Waals surface area contributed by atoms with Crippen LogP contribution in [0.15, 0.2) is 0 Å². The molecule has 3 nitrogen and oxygen atoms in total. The Morgan fingerprint density at radius 3 is 1.20 bits per heavy atom. The molecule has 0 rings (SSSR count). The average molecular weight is 66.0 g/mol. The van der Waals surface area contributed by atoms with E-state index in [0.29, 0.717) is 0 Å². The van der Waals surface area contributed by atoms with Crippen molar-refractivity contribution >= 4 is 0 Å². The molecule has 0 amide bonds. The average Bonchev–Trinajstić information content (AvgIpc) is 1.37. The maximum absolute atomic E-state index is 7.26. The van der Waals surface area contributed by atoms with Crippen molar-refractivity contribution in [2.24, 2.45) is 0 Å². The Labute approximate surface area is 30.0 Å². The van der Waals surface area contributed by atoms with Crippen LogP contribution in [-0.4, -0.2) is 0 Å². The summed E-state index contributed by atoms with van der Waals surface area (Å²) < 4.78 is 0. The summed E-state index contributed by atoms with van der Waals surface area (Å²) >= 11 is 0. The molecule has 0 aliphatic carbocycles. The van der Waals surface area contributed by atoms with Crippen LogP contribution in [0.25, 0.3) is 0 Å². The van der Waals surface area contributed by atoms with Crippen LogP contribution >= 0.6 is 0 Å². The number of nitrogens with zero attached hydrogens (tertiary/aromatic N) is 3. The van der Waals surface area contributed by atoms with Crippen molar-refractivity contribution in [3.05, 3.63) is 0 Å². The molecule has 3 radical (unpaired) electrons. The van der Waals surface area contributed by atoms with Gasteiger partial charge in [-0.15, -0.1) is 0 Å². The van der Waals surface area contributed by atoms with Crippen LogP contribution in [0.1, 0.15) is 0 Å². The van der Waals surface area contributed by atoms with E-state index in [2.05, 4.69) is 0 Å². The van der Waals surface area contributed by atoms with E-state index >= 15 is 0 Å². The molecule has 0 atom stereocenters. The second kappa shape index (κ2) is 12.5. The van der Waals surface area contributed by atoms with Crippen molar-refractivity contribution < 1.29 is 0 Å². The molecule has 0 fully saturated rings. The van der Waals surface area contributed by atoms with Gasteiger partial charge in [-0.2, -0.15) is 10.5 Å². The molecule has 5 heavy (non-hydrogen) atoms. The van der Waals surface area contributed by atoms with Crippen LogP contribution in [0.2, 0.25) is 0 Å². The molecule has 3 heteroatoms. The van der Waals surface area contributed by atoms with Crippen LogP contribution in [0.4, 0.5) is 0 Å². The first-order valence-corrected chi connectivity index (χ1v) is 0.697. The molecule has 0 heterocycles. The van der Waals surface area contributed by atoms with E-state index < -0.39 is 0 Å². The van der Waals surface area contributed by atoms with Gasteiger partial charge in [0, 0.05) is 6.15 Å². The molecule has 23 valence electrons. The van der Waals surface area contributed by atoms with Crippen LogP contribution in [0, 0.1) is 22.7 Å². The van der Waals surface area contributed by atoms with E-state index in [4.69, 9.17) is 10.5 Å². The summed E-state index contributed by atoms with van der Waals surface area (Å²) in [6.45, 7) is 0. The Morgan fingerprint density at radius 2 is 1.20 bits per heavy atom. The van der Waals surface area contributed by atoms with E-state index in [1.54, 1.807) is 0 Å². The van der Waals surface area contributed by atoms with Crippen molar-refractivity contribution in [1.82, 2.24) is 6.15 Å². The van der Waals surface area contributed by atoms with Gasteiger partial charge in [0.1, 0.15) is 0 Å². The minimum atomic E-state index is 0. The molecule has 0 aromatic heterocycles. The summed E-state index contributed by atoms with van der Waals surface area (Å²) in [5.41, 5.74) is 0. The van der Waals surface area contributed by atoms with E-state index in [-0.39, 0.29) is 6.15 Å². The zero-order valence-corrected chi connectivity index (χ0v) is 2.34. The normalized spacial score (nSPS) is 2.00. The molecule has 0 aliphatic rings. The second-order valence-corrected chi connectivity index (χ2v) is 0.224. The molecule has 0 saturated carbocycles. The molecular formula is C2N3. The van der Waals surface area contributed by atoms with Crippen molar-refractivity contribution in [3.8, 4) is 12.1 Å². The van der Waals surface area contributed by atoms with Gasteiger partial charge in [-0.25, -0.2) is 0 Å². The second-order valence-electron chi connectivity index (χ2n) is 0.224. The Kier molecular flexibility index (Phi) is 22.7. The van der Waals surface area contributed by atoms with Crippen LogP contribution < -0.4 is 6.15 Å². The van der Waals surface area contributed by atoms with Gasteiger partial charge < -0.3 is 0 Å². The maximum Gasteiger partial charge on any atom is 0.181 e. The Morgan fingerprint density at radius 1 is 1.00 bits per heavy atom. The van der Waals surface area contributed by atoms with E-state index in [1.807, 2.05) is 0 Å². The number of hydrogen-bond donors (Lipinski definition) is 0. The molecule has 0 aliphatic heterocycles. The van der Waals surface area contributed by atoms with Gasteiger partial charge in [0.05, 0.1) is 0 Å². The fourth-order valence-electron chi connectivity index (χ4n) is 0. The lowest BCUT2D eigenvalue weighted by Gasteiger charge is -1.16. The van der Waals surface area contributed by atoms with Gasteiger partial charge >= 0.3 is 0 Å². The highest BCUT2D eigenvalue weighted by Gasteiger charge is 1.39. The SMILES string of the molecule is N#CC#N.[N]. The van der Waals surface area contributed by atoms with Crippen LogP contribution in [0.5, 0.6) is 0 Å². The van der Waals surface area contributed by atoms with Crippen molar-refractivity contribution in [3.63, 3.8) is 0 Å². The fraction of sp³-hybridized carbons (Fsp3) is 0. The van der Waals surface area contributed by atoms with E-state index in [0.717, 1.165) is 0 Å². The first-order chi connectivity index (χ1) is 1.91. The Balaban J connectivity index is 0. The number of rotatable bonds is 0. The van der Waals surface area contributed by atoms with Crippen LogP contribution in [0.3, 0.4) is 0 Å². The van der Waals surface area contributed by atoms with Crippen LogP contribution in [-0.2, 0) is 0 Å². The highest BCUT2D eigenvalue weighted by molar-refractivity contribution is 4.99. The summed E-state index contributed by atoms with van der Waals surface area (Å²) in [5.74, 6) is 0. The highest BCUT2D eigenvalue weighted by Crippen LogP contribution is 1.27. The third kappa shape index (κ3) is 722. The molecule has 0 aromatic rings. The van der Waals surface area contributed by atoms with Gasteiger partial charge in [0.2, 0.25) is 0 Å². The molecule has 0 bridgehead atoms. The Bertz CT molecular complexity index is 59.9. The van der Waals surface area contributed by atoms with Crippen molar-refractivity contribution in [2.75, 3.05) is 0 Å². The number of hydrogen-bond acceptors (Lipinski definition) is 2. The molecule has 0 saturated heterocycles. The standard InChI is InChI=1S/C2N2.N/c3-1-2-4;. The zero-order valence-electron chi connectivity index (χ0n) is 2.34. The fourth-order valence-corrected chi connectivity index (χ4v) is 0. The van der Waals surface area contributed by atoms with Gasteiger partial charge in [0.25, 0.3) is 0 Å². The lowest BCUT2D eigenvalue weighted by atomic mass is 10.9. The predicted octanol–water partition coefficient (Wildman–Crippen LogP) is -0.447. The zero-order chi connectivity index (χ0) is 3.41. The molecule has 0 N–H and O–H groups in total. The largest absolute Gasteiger partial charge is 0.181 e. The maximum atomic E-state index is 7.26. The monoisotopic (exact) mass is 66.0 g/mol. The minimum Gasteiger partial charge on any atom is -0.181 e. The van der Waals surface area contributed by atoms with Crippen molar-refractivity contribution in [2.45, 2.75) is 0 Å². The molecule has 0 unspecified atom stereocenters. The quantitative estimate of drug-likeness (QED) is 0.384. The van der Waals surface area contributed by atoms with Gasteiger partial charge in [-0.1, -0.05) is 0 Å². The highest BCUT2D eigenvalue weighted by atomic mass is 14.3. The summed E-state index contributed by atoms with van der Waals surface area (Å²) in [6, 6.07) is 2.47. The van der Waals surface area contributed by atoms with E-state index in [9.17, 15) is 0 Å². The number of nitriles is 2. The summed E-state index contributed by atoms with van der Waals surface area (Å²) in [7, 11) is 0. The van der Waals surface area contributed by atoms with Gasteiger partial charge in [-0.3, -0.25) is 0 Å². The molecule has 0 spiro atoms. The third-order valence-corrected chi connectivity index (χ3v) is 0.0500. The molecule has 0 aromatic carbocycles. The van der Waals surface area contributed by atoms with E-state index in [1.165, 1.54) is 12.1 Å². The minimum absolute atomic E-state index is 0. The first-order valence-electron chi connectivity index (χ1n) is 0.697. The summed E-state index contributed by atoms with van der Waals surface area (Å²) in [4.78, 5) is 0. The predicted molar refractivity (Wildman–Crippen MR) is 13.4 cm³/mol. The third-order valence-electron chi connectivity index (χ3n) is 0.0500. The summed E-state index contributed by atoms with van der Waals surface area (Å²) in [6.07, 6.45) is 0. The summed E-state index contributed by atoms with van der Waals surface area (Å²) in [5, 5.41) is 14.5. The molecular weight excluding hydrogens is 66.0 g/mol. The van der Waals surface area contributed by atoms with Crippen molar-refractivity contribution in [1.29, 1.82) is 10.5 Å². The van der Waals surface area contributed by atoms with Gasteiger partial charge in [0.15, 0.2) is 12.1 Å². The van der Waals surface area contributed by atoms with Gasteiger partial charge in [-0.05, 0) is 0 Å². The lowest BCUT2D eigenvalue weighted by Crippen LogP contribution is -1.26. The first kappa shape index (κ1) is 9.05. The Hall–Kier alpha value is -1.06.